The number of carbonyl (C=O) groups excluding carboxylic acids is 2. The number of amides is 2. The monoisotopic (exact) mass is 390 g/mol. The molecule has 0 radical (unpaired) electrons. The molecule has 1 heterocycles. The maximum atomic E-state index is 14.6. The van der Waals surface area contributed by atoms with Crippen molar-refractivity contribution in [2.75, 3.05) is 26.7 Å². The van der Waals surface area contributed by atoms with Crippen molar-refractivity contribution in [1.82, 2.24) is 9.80 Å². The molecule has 1 aliphatic carbocycles. The maximum Gasteiger partial charge on any atom is 0.257 e. The molecule has 1 aromatic carbocycles. The summed E-state index contributed by atoms with van der Waals surface area (Å²) in [5.41, 5.74) is 0.121. The summed E-state index contributed by atoms with van der Waals surface area (Å²) in [6.07, 6.45) is 3.72. The van der Waals surface area contributed by atoms with Gasteiger partial charge in [0.2, 0.25) is 5.91 Å². The number of rotatable bonds is 6. The number of carbonyl (C=O) groups is 2. The predicted octanol–water partition coefficient (Wildman–Crippen LogP) is 3.72. The Kier molecular flexibility index (Phi) is 5.96. The Hall–Kier alpha value is -2.11. The van der Waals surface area contributed by atoms with Crippen molar-refractivity contribution in [2.24, 2.45) is 11.3 Å². The topological polar surface area (TPSA) is 49.9 Å². The largest absolute Gasteiger partial charge is 0.494 e. The van der Waals surface area contributed by atoms with Gasteiger partial charge in [0.25, 0.3) is 5.91 Å². The molecular weight excluding hydrogens is 359 g/mol. The summed E-state index contributed by atoms with van der Waals surface area (Å²) >= 11 is 0. The van der Waals surface area contributed by atoms with E-state index in [0.717, 1.165) is 25.7 Å². The molecule has 3 rings (SSSR count). The second-order valence-corrected chi connectivity index (χ2v) is 8.65. The fraction of sp³-hybridized carbons (Fsp3) is 0.636. The van der Waals surface area contributed by atoms with E-state index in [0.29, 0.717) is 19.6 Å². The zero-order chi connectivity index (χ0) is 20.5. The van der Waals surface area contributed by atoms with Gasteiger partial charge in [0, 0.05) is 31.6 Å². The average Bonchev–Trinajstić information content (AvgIpc) is 3.33. The number of ether oxygens (including phenoxy) is 1. The van der Waals surface area contributed by atoms with Gasteiger partial charge in [0.1, 0.15) is 0 Å². The second-order valence-electron chi connectivity index (χ2n) is 8.65. The van der Waals surface area contributed by atoms with Crippen LogP contribution in [0.4, 0.5) is 4.39 Å². The number of piperazine rings is 1. The lowest BCUT2D eigenvalue weighted by molar-refractivity contribution is -0.136. The highest BCUT2D eigenvalue weighted by Crippen LogP contribution is 2.52. The van der Waals surface area contributed by atoms with Crippen molar-refractivity contribution in [1.29, 1.82) is 0 Å². The molecule has 1 saturated carbocycles. The summed E-state index contributed by atoms with van der Waals surface area (Å²) in [6.45, 7) is 7.81. The molecule has 2 aliphatic rings. The molecule has 5 nitrogen and oxygen atoms in total. The van der Waals surface area contributed by atoms with E-state index >= 15 is 0 Å². The number of benzene rings is 1. The second kappa shape index (κ2) is 8.10. The Labute approximate surface area is 166 Å². The van der Waals surface area contributed by atoms with Gasteiger partial charge in [-0.2, -0.15) is 0 Å². The molecule has 0 N–H and O–H groups in total. The molecule has 1 saturated heterocycles. The van der Waals surface area contributed by atoms with Gasteiger partial charge in [-0.1, -0.05) is 39.7 Å². The van der Waals surface area contributed by atoms with Crippen LogP contribution in [0.2, 0.25) is 0 Å². The first-order valence-corrected chi connectivity index (χ1v) is 10.2. The molecule has 0 spiro atoms. The summed E-state index contributed by atoms with van der Waals surface area (Å²) in [5.74, 6) is -0.580. The van der Waals surface area contributed by atoms with Gasteiger partial charge in [-0.15, -0.1) is 0 Å². The van der Waals surface area contributed by atoms with E-state index in [1.54, 1.807) is 11.0 Å². The lowest BCUT2D eigenvalue weighted by Crippen LogP contribution is -2.57. The number of hydrogen-bond acceptors (Lipinski definition) is 3. The van der Waals surface area contributed by atoms with Gasteiger partial charge in [0.05, 0.1) is 12.7 Å². The van der Waals surface area contributed by atoms with Crippen LogP contribution in [0.3, 0.4) is 0 Å². The predicted molar refractivity (Wildman–Crippen MR) is 106 cm³/mol. The first-order valence-electron chi connectivity index (χ1n) is 10.2. The van der Waals surface area contributed by atoms with Crippen molar-refractivity contribution >= 4 is 11.8 Å². The Bertz CT molecular complexity index is 749. The third-order valence-electron chi connectivity index (χ3n) is 6.17. The summed E-state index contributed by atoms with van der Waals surface area (Å²) in [6, 6.07) is 4.55. The van der Waals surface area contributed by atoms with Crippen molar-refractivity contribution in [3.8, 4) is 5.75 Å². The number of unbranched alkanes of at least 4 members (excludes halogenated alkanes) is 1. The first-order chi connectivity index (χ1) is 13.3. The van der Waals surface area contributed by atoms with E-state index < -0.39 is 5.82 Å². The molecule has 0 aromatic heterocycles. The van der Waals surface area contributed by atoms with Crippen LogP contribution in [0.15, 0.2) is 18.2 Å². The van der Waals surface area contributed by atoms with Gasteiger partial charge in [0.15, 0.2) is 11.6 Å². The molecule has 2 amide bonds. The Morgan fingerprint density at radius 1 is 1.29 bits per heavy atom. The summed E-state index contributed by atoms with van der Waals surface area (Å²) in [5, 5.41) is 0. The molecule has 0 unspecified atom stereocenters. The molecule has 6 heteroatoms. The van der Waals surface area contributed by atoms with E-state index in [1.165, 1.54) is 19.2 Å². The first kappa shape index (κ1) is 20.6. The summed E-state index contributed by atoms with van der Waals surface area (Å²) in [4.78, 5) is 29.6. The van der Waals surface area contributed by atoms with Gasteiger partial charge in [-0.05, 0) is 30.4 Å². The standard InChI is InChI=1S/C22H31FN2O3/c1-5-6-8-15-14-24(21(27)17-13-22(17,2)3)11-12-25(15)20(26)16-9-7-10-18(28-4)19(16)23/h7,9-10,15,17H,5-6,8,11-14H2,1-4H3/t15-,17+/m0/s1. The molecule has 2 fully saturated rings. The van der Waals surface area contributed by atoms with Crippen molar-refractivity contribution in [3.63, 3.8) is 0 Å². The van der Waals surface area contributed by atoms with Crippen molar-refractivity contribution in [2.45, 2.75) is 52.5 Å². The SMILES string of the molecule is CCCC[C@H]1CN(C(=O)[C@H]2CC2(C)C)CCN1C(=O)c1cccc(OC)c1F. The molecule has 1 aliphatic heterocycles. The van der Waals surface area contributed by atoms with Crippen LogP contribution in [-0.2, 0) is 4.79 Å². The van der Waals surface area contributed by atoms with Crippen LogP contribution in [0, 0.1) is 17.2 Å². The van der Waals surface area contributed by atoms with Gasteiger partial charge in [-0.25, -0.2) is 4.39 Å². The normalized spacial score (nSPS) is 23.5. The zero-order valence-electron chi connectivity index (χ0n) is 17.3. The summed E-state index contributed by atoms with van der Waals surface area (Å²) in [7, 11) is 1.39. The highest BCUT2D eigenvalue weighted by molar-refractivity contribution is 5.95. The van der Waals surface area contributed by atoms with Crippen molar-refractivity contribution in [3.05, 3.63) is 29.6 Å². The smallest absolute Gasteiger partial charge is 0.257 e. The fourth-order valence-corrected chi connectivity index (χ4v) is 4.11. The summed E-state index contributed by atoms with van der Waals surface area (Å²) < 4.78 is 19.6. The highest BCUT2D eigenvalue weighted by atomic mass is 19.1. The van der Waals surface area contributed by atoms with Crippen LogP contribution < -0.4 is 4.74 Å². The third kappa shape index (κ3) is 4.01. The molecular formula is C22H31FN2O3. The molecule has 154 valence electrons. The van der Waals surface area contributed by atoms with Crippen molar-refractivity contribution < 1.29 is 18.7 Å². The Balaban J connectivity index is 1.77. The lowest BCUT2D eigenvalue weighted by atomic mass is 10.0. The van der Waals surface area contributed by atoms with Crippen LogP contribution in [0.1, 0.15) is 56.8 Å². The quantitative estimate of drug-likeness (QED) is 0.744. The minimum atomic E-state index is -0.623. The van der Waals surface area contributed by atoms with E-state index in [2.05, 4.69) is 20.8 Å². The zero-order valence-corrected chi connectivity index (χ0v) is 17.3. The van der Waals surface area contributed by atoms with Gasteiger partial charge in [-0.3, -0.25) is 9.59 Å². The van der Waals surface area contributed by atoms with Crippen LogP contribution in [-0.4, -0.2) is 54.4 Å². The van der Waals surface area contributed by atoms with E-state index in [4.69, 9.17) is 4.74 Å². The fourth-order valence-electron chi connectivity index (χ4n) is 4.11. The van der Waals surface area contributed by atoms with Gasteiger partial charge >= 0.3 is 0 Å². The Morgan fingerprint density at radius 2 is 2.00 bits per heavy atom. The van der Waals surface area contributed by atoms with E-state index in [9.17, 15) is 14.0 Å². The van der Waals surface area contributed by atoms with Crippen LogP contribution in [0.25, 0.3) is 0 Å². The number of methoxy groups -OCH3 is 1. The number of halogens is 1. The van der Waals surface area contributed by atoms with E-state index in [-0.39, 0.29) is 40.5 Å². The minimum Gasteiger partial charge on any atom is -0.494 e. The van der Waals surface area contributed by atoms with Crippen LogP contribution in [0.5, 0.6) is 5.75 Å². The molecule has 28 heavy (non-hydrogen) atoms. The number of hydrogen-bond donors (Lipinski definition) is 0. The molecule has 1 aromatic rings. The Morgan fingerprint density at radius 3 is 2.61 bits per heavy atom. The molecule has 2 atom stereocenters. The minimum absolute atomic E-state index is 0.0314. The highest BCUT2D eigenvalue weighted by Gasteiger charge is 2.52. The number of nitrogens with zero attached hydrogens (tertiary/aromatic N) is 2. The van der Waals surface area contributed by atoms with Crippen LogP contribution >= 0.6 is 0 Å². The third-order valence-corrected chi connectivity index (χ3v) is 6.17. The lowest BCUT2D eigenvalue weighted by Gasteiger charge is -2.42. The average molecular weight is 390 g/mol. The van der Waals surface area contributed by atoms with Gasteiger partial charge < -0.3 is 14.5 Å². The van der Waals surface area contributed by atoms with E-state index in [1.807, 2.05) is 4.90 Å². The maximum absolute atomic E-state index is 14.6. The molecule has 0 bridgehead atoms.